The van der Waals surface area contributed by atoms with Gasteiger partial charge in [-0.1, -0.05) is 0 Å². The predicted molar refractivity (Wildman–Crippen MR) is 83.4 cm³/mol. The van der Waals surface area contributed by atoms with E-state index in [1.807, 2.05) is 0 Å². The maximum atomic E-state index is 12.9. The van der Waals surface area contributed by atoms with Gasteiger partial charge in [-0.05, 0) is 39.0 Å². The van der Waals surface area contributed by atoms with Gasteiger partial charge in [-0.25, -0.2) is 0 Å². The second-order valence-corrected chi connectivity index (χ2v) is 7.86. The van der Waals surface area contributed by atoms with Gasteiger partial charge in [0, 0.05) is 19.6 Å². The zero-order valence-electron chi connectivity index (χ0n) is 13.4. The number of carbonyl (C=O) groups excluding carboxylic acids is 2. The summed E-state index contributed by atoms with van der Waals surface area (Å²) >= 11 is 0. The fraction of sp³-hybridized carbons (Fsp3) is 0.857. The molecular formula is C14H25N3O5S. The van der Waals surface area contributed by atoms with Gasteiger partial charge in [0.05, 0.1) is 12.5 Å². The molecule has 1 amide bonds. The number of nitrogens with two attached hydrogens (primary N) is 1. The number of hydrogen-bond acceptors (Lipinski definition) is 5. The van der Waals surface area contributed by atoms with Crippen LogP contribution in [0.1, 0.15) is 39.0 Å². The van der Waals surface area contributed by atoms with Crippen molar-refractivity contribution in [2.45, 2.75) is 45.1 Å². The molecule has 2 unspecified atom stereocenters. The van der Waals surface area contributed by atoms with Gasteiger partial charge in [0.2, 0.25) is 5.91 Å². The average molecular weight is 347 g/mol. The normalized spacial score (nSPS) is 27.5. The molecular weight excluding hydrogens is 322 g/mol. The van der Waals surface area contributed by atoms with E-state index in [0.717, 1.165) is 6.42 Å². The molecule has 2 aliphatic heterocycles. The fourth-order valence-corrected chi connectivity index (χ4v) is 5.09. The highest BCUT2D eigenvalue weighted by Gasteiger charge is 2.42. The van der Waals surface area contributed by atoms with E-state index in [9.17, 15) is 18.0 Å². The molecule has 0 aromatic heterocycles. The lowest BCUT2D eigenvalue weighted by atomic mass is 9.99. The van der Waals surface area contributed by atoms with Crippen LogP contribution in [0.5, 0.6) is 0 Å². The second kappa shape index (κ2) is 7.59. The Morgan fingerprint density at radius 3 is 2.57 bits per heavy atom. The molecule has 132 valence electrons. The van der Waals surface area contributed by atoms with Gasteiger partial charge in [-0.15, -0.1) is 0 Å². The lowest BCUT2D eigenvalue weighted by Crippen LogP contribution is -2.56. The lowest BCUT2D eigenvalue weighted by Gasteiger charge is -2.39. The quantitative estimate of drug-likeness (QED) is 0.695. The molecule has 2 fully saturated rings. The first-order chi connectivity index (χ1) is 10.9. The maximum absolute atomic E-state index is 12.9. The molecule has 8 nitrogen and oxygen atoms in total. The van der Waals surface area contributed by atoms with Gasteiger partial charge in [-0.3, -0.25) is 9.59 Å². The Balaban J connectivity index is 2.18. The van der Waals surface area contributed by atoms with E-state index in [1.54, 1.807) is 6.92 Å². The molecule has 2 rings (SSSR count). The van der Waals surface area contributed by atoms with Crippen molar-refractivity contribution in [2.24, 2.45) is 11.7 Å². The van der Waals surface area contributed by atoms with Crippen LogP contribution in [-0.2, 0) is 24.5 Å². The topological polar surface area (TPSA) is 110 Å². The van der Waals surface area contributed by atoms with Gasteiger partial charge in [0.15, 0.2) is 0 Å². The Hall–Kier alpha value is -1.19. The minimum Gasteiger partial charge on any atom is -0.465 e. The Labute approximate surface area is 137 Å². The van der Waals surface area contributed by atoms with Gasteiger partial charge in [0.1, 0.15) is 6.04 Å². The molecule has 0 aromatic rings. The van der Waals surface area contributed by atoms with Crippen LogP contribution in [0.3, 0.4) is 0 Å². The van der Waals surface area contributed by atoms with Crippen molar-refractivity contribution in [1.82, 2.24) is 8.61 Å². The minimum absolute atomic E-state index is 0.0870. The lowest BCUT2D eigenvalue weighted by molar-refractivity contribution is -0.148. The third-order valence-corrected chi connectivity index (χ3v) is 6.44. The van der Waals surface area contributed by atoms with Crippen molar-refractivity contribution in [3.8, 4) is 0 Å². The summed E-state index contributed by atoms with van der Waals surface area (Å²) in [6.45, 7) is 2.64. The molecule has 0 spiro atoms. The molecule has 2 atom stereocenters. The number of nitrogens with zero attached hydrogens (tertiary/aromatic N) is 2. The summed E-state index contributed by atoms with van der Waals surface area (Å²) in [5, 5.41) is 0. The van der Waals surface area contributed by atoms with Gasteiger partial charge >= 0.3 is 5.97 Å². The second-order valence-electron chi connectivity index (χ2n) is 5.98. The van der Waals surface area contributed by atoms with E-state index < -0.39 is 34.0 Å². The number of amides is 1. The molecule has 9 heteroatoms. The monoisotopic (exact) mass is 347 g/mol. The van der Waals surface area contributed by atoms with Crippen molar-refractivity contribution in [3.05, 3.63) is 0 Å². The molecule has 0 saturated carbocycles. The number of hydrogen-bond donors (Lipinski definition) is 1. The molecule has 0 aromatic carbocycles. The van der Waals surface area contributed by atoms with Crippen LogP contribution in [0, 0.1) is 5.92 Å². The van der Waals surface area contributed by atoms with Crippen LogP contribution < -0.4 is 5.73 Å². The zero-order chi connectivity index (χ0) is 17.0. The molecule has 0 bridgehead atoms. The SMILES string of the molecule is CCOC(=O)C1CCCCN1S(=O)(=O)N1CCCC(C(N)=O)C1. The number of carbonyl (C=O) groups is 2. The molecule has 2 saturated heterocycles. The van der Waals surface area contributed by atoms with Gasteiger partial charge in [0.25, 0.3) is 10.2 Å². The molecule has 2 N–H and O–H groups in total. The van der Waals surface area contributed by atoms with E-state index in [0.29, 0.717) is 38.8 Å². The van der Waals surface area contributed by atoms with E-state index in [2.05, 4.69) is 0 Å². The minimum atomic E-state index is -3.81. The smallest absolute Gasteiger partial charge is 0.324 e. The Bertz CT molecular complexity index is 551. The molecule has 0 radical (unpaired) electrons. The largest absolute Gasteiger partial charge is 0.465 e. The van der Waals surface area contributed by atoms with Crippen LogP contribution in [-0.4, -0.2) is 61.2 Å². The fourth-order valence-electron chi connectivity index (χ4n) is 3.19. The van der Waals surface area contributed by atoms with Crippen molar-refractivity contribution in [2.75, 3.05) is 26.2 Å². The first kappa shape index (κ1) is 18.2. The van der Waals surface area contributed by atoms with Crippen LogP contribution in [0.15, 0.2) is 0 Å². The van der Waals surface area contributed by atoms with E-state index in [4.69, 9.17) is 10.5 Å². The summed E-state index contributed by atoms with van der Waals surface area (Å²) < 4.78 is 33.4. The average Bonchev–Trinajstić information content (AvgIpc) is 2.55. The highest BCUT2D eigenvalue weighted by Crippen LogP contribution is 2.27. The summed E-state index contributed by atoms with van der Waals surface area (Å²) in [4.78, 5) is 23.5. The molecule has 2 heterocycles. The van der Waals surface area contributed by atoms with Crippen LogP contribution in [0.4, 0.5) is 0 Å². The third-order valence-electron chi connectivity index (χ3n) is 4.42. The standard InChI is InChI=1S/C14H25N3O5S/c1-2-22-14(19)12-7-3-4-9-17(12)23(20,21)16-8-5-6-11(10-16)13(15)18/h11-12H,2-10H2,1H3,(H2,15,18). The summed E-state index contributed by atoms with van der Waals surface area (Å²) in [6, 6.07) is -0.775. The van der Waals surface area contributed by atoms with E-state index >= 15 is 0 Å². The first-order valence-electron chi connectivity index (χ1n) is 8.10. The first-order valence-corrected chi connectivity index (χ1v) is 9.50. The molecule has 2 aliphatic rings. The number of primary amides is 1. The number of rotatable bonds is 5. The van der Waals surface area contributed by atoms with Crippen molar-refractivity contribution >= 4 is 22.1 Å². The van der Waals surface area contributed by atoms with Crippen molar-refractivity contribution in [3.63, 3.8) is 0 Å². The number of esters is 1. The zero-order valence-corrected chi connectivity index (χ0v) is 14.3. The van der Waals surface area contributed by atoms with Gasteiger partial charge in [-0.2, -0.15) is 17.0 Å². The van der Waals surface area contributed by atoms with Gasteiger partial charge < -0.3 is 10.5 Å². The number of piperidine rings is 2. The molecule has 0 aliphatic carbocycles. The highest BCUT2D eigenvalue weighted by molar-refractivity contribution is 7.86. The van der Waals surface area contributed by atoms with Crippen LogP contribution >= 0.6 is 0 Å². The predicted octanol–water partition coefficient (Wildman–Crippen LogP) is -0.154. The highest BCUT2D eigenvalue weighted by atomic mass is 32.2. The maximum Gasteiger partial charge on any atom is 0.324 e. The van der Waals surface area contributed by atoms with Crippen LogP contribution in [0.25, 0.3) is 0 Å². The van der Waals surface area contributed by atoms with E-state index in [-0.39, 0.29) is 13.2 Å². The van der Waals surface area contributed by atoms with Crippen molar-refractivity contribution < 1.29 is 22.7 Å². The Kier molecular flexibility index (Phi) is 5.99. The van der Waals surface area contributed by atoms with Crippen molar-refractivity contribution in [1.29, 1.82) is 0 Å². The summed E-state index contributed by atoms with van der Waals surface area (Å²) in [7, 11) is -3.81. The Morgan fingerprint density at radius 1 is 1.17 bits per heavy atom. The summed E-state index contributed by atoms with van der Waals surface area (Å²) in [5.41, 5.74) is 5.32. The van der Waals surface area contributed by atoms with E-state index in [1.165, 1.54) is 8.61 Å². The summed E-state index contributed by atoms with van der Waals surface area (Å²) in [5.74, 6) is -1.45. The molecule has 23 heavy (non-hydrogen) atoms. The Morgan fingerprint density at radius 2 is 1.91 bits per heavy atom. The third kappa shape index (κ3) is 4.02. The summed E-state index contributed by atoms with van der Waals surface area (Å²) in [6.07, 6.45) is 3.15. The number of ether oxygens (including phenoxy) is 1. The van der Waals surface area contributed by atoms with Crippen LogP contribution in [0.2, 0.25) is 0 Å².